The first-order valence-electron chi connectivity index (χ1n) is 4.76. The summed E-state index contributed by atoms with van der Waals surface area (Å²) in [4.78, 5) is 2.57. The summed E-state index contributed by atoms with van der Waals surface area (Å²) in [7, 11) is 0. The van der Waals surface area contributed by atoms with Crippen molar-refractivity contribution < 1.29 is 0 Å². The molecule has 1 fully saturated rings. The summed E-state index contributed by atoms with van der Waals surface area (Å²) in [6, 6.07) is 0. The minimum atomic E-state index is 0.929. The first-order valence-corrected chi connectivity index (χ1v) is 6.05. The van der Waals surface area contributed by atoms with Crippen LogP contribution in [0.2, 0.25) is 0 Å². The molecule has 2 heteroatoms. The molecule has 0 unspecified atom stereocenters. The van der Waals surface area contributed by atoms with Crippen molar-refractivity contribution in [3.05, 3.63) is 5.92 Å². The molecule has 0 bridgehead atoms. The largest absolute Gasteiger partial charge is 0.303 e. The van der Waals surface area contributed by atoms with E-state index >= 15 is 0 Å². The van der Waals surface area contributed by atoms with Gasteiger partial charge in [-0.15, -0.1) is 0 Å². The second-order valence-electron chi connectivity index (χ2n) is 3.92. The van der Waals surface area contributed by atoms with Gasteiger partial charge in [-0.2, -0.15) is 11.8 Å². The monoisotopic (exact) mass is 186 g/mol. The molecule has 0 aromatic heterocycles. The minimum Gasteiger partial charge on any atom is -0.303 e. The van der Waals surface area contributed by atoms with E-state index in [0.717, 1.165) is 5.25 Å². The van der Waals surface area contributed by atoms with Crippen molar-refractivity contribution in [3.63, 3.8) is 0 Å². The lowest BCUT2D eigenvalue weighted by Crippen LogP contribution is -2.36. The Morgan fingerprint density at radius 1 is 1.33 bits per heavy atom. The zero-order valence-corrected chi connectivity index (χ0v) is 9.28. The molecule has 1 rings (SSSR count). The molecule has 0 aromatic carbocycles. The van der Waals surface area contributed by atoms with Gasteiger partial charge in [0.1, 0.15) is 0 Å². The molecule has 0 aliphatic carbocycles. The van der Waals surface area contributed by atoms with Crippen molar-refractivity contribution in [1.82, 2.24) is 4.90 Å². The van der Waals surface area contributed by atoms with Gasteiger partial charge in [-0.05, 0) is 38.1 Å². The predicted molar refractivity (Wildman–Crippen MR) is 57.6 cm³/mol. The van der Waals surface area contributed by atoms with Crippen molar-refractivity contribution in [2.45, 2.75) is 31.9 Å². The molecular weight excluding hydrogens is 166 g/mol. The van der Waals surface area contributed by atoms with Crippen molar-refractivity contribution in [2.24, 2.45) is 0 Å². The lowest BCUT2D eigenvalue weighted by molar-refractivity contribution is 0.241. The highest BCUT2D eigenvalue weighted by atomic mass is 32.2. The SMILES string of the molecule is CSC1CCN(C[C](C)C)CC1. The summed E-state index contributed by atoms with van der Waals surface area (Å²) >= 11 is 2.03. The van der Waals surface area contributed by atoms with Gasteiger partial charge >= 0.3 is 0 Å². The molecule has 0 aromatic rings. The fourth-order valence-corrected chi connectivity index (χ4v) is 2.43. The van der Waals surface area contributed by atoms with Gasteiger partial charge in [-0.1, -0.05) is 13.8 Å². The number of nitrogens with zero attached hydrogens (tertiary/aromatic N) is 1. The molecule has 1 nitrogen and oxygen atoms in total. The number of rotatable bonds is 3. The Balaban J connectivity index is 2.17. The third-order valence-electron chi connectivity index (χ3n) is 2.41. The van der Waals surface area contributed by atoms with Crippen LogP contribution in [0.1, 0.15) is 26.7 Å². The van der Waals surface area contributed by atoms with E-state index < -0.39 is 0 Å². The van der Waals surface area contributed by atoms with Gasteiger partial charge in [-0.25, -0.2) is 0 Å². The van der Waals surface area contributed by atoms with Crippen LogP contribution in [-0.4, -0.2) is 36.0 Å². The number of thioether (sulfide) groups is 1. The van der Waals surface area contributed by atoms with Gasteiger partial charge in [-0.3, -0.25) is 0 Å². The van der Waals surface area contributed by atoms with Gasteiger partial charge in [0.15, 0.2) is 0 Å². The van der Waals surface area contributed by atoms with Crippen molar-refractivity contribution in [3.8, 4) is 0 Å². The molecule has 1 radical (unpaired) electrons. The summed E-state index contributed by atoms with van der Waals surface area (Å²) in [6.07, 6.45) is 5.00. The van der Waals surface area contributed by atoms with Crippen LogP contribution in [0.5, 0.6) is 0 Å². The van der Waals surface area contributed by atoms with E-state index in [-0.39, 0.29) is 0 Å². The normalized spacial score (nSPS) is 22.0. The summed E-state index contributed by atoms with van der Waals surface area (Å²) in [6.45, 7) is 8.26. The van der Waals surface area contributed by atoms with Crippen LogP contribution in [-0.2, 0) is 0 Å². The first-order chi connectivity index (χ1) is 5.72. The average molecular weight is 186 g/mol. The molecule has 0 saturated carbocycles. The summed E-state index contributed by atoms with van der Waals surface area (Å²) < 4.78 is 0. The Kier molecular flexibility index (Phi) is 4.44. The topological polar surface area (TPSA) is 3.24 Å². The molecule has 0 atom stereocenters. The number of hydrogen-bond donors (Lipinski definition) is 0. The maximum Gasteiger partial charge on any atom is 0.00685 e. The predicted octanol–water partition coefficient (Wildman–Crippen LogP) is 2.43. The minimum absolute atomic E-state index is 0.929. The maximum absolute atomic E-state index is 2.57. The molecule has 12 heavy (non-hydrogen) atoms. The van der Waals surface area contributed by atoms with E-state index in [4.69, 9.17) is 0 Å². The Hall–Kier alpha value is 0.310. The lowest BCUT2D eigenvalue weighted by atomic mass is 10.1. The van der Waals surface area contributed by atoms with E-state index in [1.54, 1.807) is 0 Å². The zero-order chi connectivity index (χ0) is 8.97. The summed E-state index contributed by atoms with van der Waals surface area (Å²) in [5.41, 5.74) is 0. The second-order valence-corrected chi connectivity index (χ2v) is 5.06. The molecule has 71 valence electrons. The van der Waals surface area contributed by atoms with Crippen LogP contribution in [0.3, 0.4) is 0 Å². The molecule has 0 N–H and O–H groups in total. The third-order valence-corrected chi connectivity index (χ3v) is 3.55. The number of piperidine rings is 1. The standard InChI is InChI=1S/C10H20NS/c1-9(2)8-11-6-4-10(12-3)5-7-11/h10H,4-8H2,1-3H3. The van der Waals surface area contributed by atoms with Crippen LogP contribution in [0.25, 0.3) is 0 Å². The van der Waals surface area contributed by atoms with Crippen LogP contribution in [0.4, 0.5) is 0 Å². The maximum atomic E-state index is 2.57. The summed E-state index contributed by atoms with van der Waals surface area (Å²) in [5.74, 6) is 1.54. The molecule has 0 spiro atoms. The van der Waals surface area contributed by atoms with E-state index in [0.29, 0.717) is 0 Å². The number of likely N-dealkylation sites (tertiary alicyclic amines) is 1. The average Bonchev–Trinajstić information content (AvgIpc) is 2.05. The smallest absolute Gasteiger partial charge is 0.00685 e. The summed E-state index contributed by atoms with van der Waals surface area (Å²) in [5, 5.41) is 0.929. The first kappa shape index (κ1) is 10.4. The van der Waals surface area contributed by atoms with E-state index in [1.807, 2.05) is 11.8 Å². The molecule has 1 heterocycles. The van der Waals surface area contributed by atoms with Gasteiger partial charge in [0.05, 0.1) is 0 Å². The zero-order valence-electron chi connectivity index (χ0n) is 8.47. The van der Waals surface area contributed by atoms with Crippen LogP contribution >= 0.6 is 11.8 Å². The van der Waals surface area contributed by atoms with Gasteiger partial charge in [0, 0.05) is 11.8 Å². The fourth-order valence-electron chi connectivity index (χ4n) is 1.75. The Bertz CT molecular complexity index is 117. The Morgan fingerprint density at radius 3 is 2.33 bits per heavy atom. The van der Waals surface area contributed by atoms with Gasteiger partial charge in [0.25, 0.3) is 0 Å². The highest BCUT2D eigenvalue weighted by Gasteiger charge is 2.18. The van der Waals surface area contributed by atoms with Crippen LogP contribution in [0.15, 0.2) is 0 Å². The molecule has 0 amide bonds. The van der Waals surface area contributed by atoms with Crippen molar-refractivity contribution >= 4 is 11.8 Å². The molecule has 1 aliphatic heterocycles. The molecular formula is C10H20NS. The second kappa shape index (κ2) is 5.13. The fraction of sp³-hybridized carbons (Fsp3) is 0.900. The van der Waals surface area contributed by atoms with Gasteiger partial charge in [0.2, 0.25) is 0 Å². The van der Waals surface area contributed by atoms with E-state index in [9.17, 15) is 0 Å². The Morgan fingerprint density at radius 2 is 1.92 bits per heavy atom. The third kappa shape index (κ3) is 3.36. The quantitative estimate of drug-likeness (QED) is 0.666. The van der Waals surface area contributed by atoms with Crippen molar-refractivity contribution in [2.75, 3.05) is 25.9 Å². The van der Waals surface area contributed by atoms with Crippen molar-refractivity contribution in [1.29, 1.82) is 0 Å². The number of hydrogen-bond acceptors (Lipinski definition) is 2. The highest BCUT2D eigenvalue weighted by molar-refractivity contribution is 7.99. The van der Waals surface area contributed by atoms with Gasteiger partial charge < -0.3 is 4.90 Å². The Labute approximate surface area is 80.9 Å². The van der Waals surface area contributed by atoms with E-state index in [1.165, 1.54) is 38.4 Å². The van der Waals surface area contributed by atoms with Crippen LogP contribution in [0, 0.1) is 5.92 Å². The molecule has 1 aliphatic rings. The molecule has 1 saturated heterocycles. The highest BCUT2D eigenvalue weighted by Crippen LogP contribution is 2.21. The van der Waals surface area contributed by atoms with Crippen LogP contribution < -0.4 is 0 Å². The lowest BCUT2D eigenvalue weighted by Gasteiger charge is -2.31. The van der Waals surface area contributed by atoms with E-state index in [2.05, 4.69) is 25.0 Å².